The van der Waals surface area contributed by atoms with Gasteiger partial charge in [-0.3, -0.25) is 10.5 Å². The number of aromatic nitrogens is 2. The van der Waals surface area contributed by atoms with E-state index >= 15 is 0 Å². The number of aryl methyl sites for hydroxylation is 1. The lowest BCUT2D eigenvalue weighted by atomic mass is 10.1. The summed E-state index contributed by atoms with van der Waals surface area (Å²) in [7, 11) is 1.90. The van der Waals surface area contributed by atoms with Gasteiger partial charge in [-0.15, -0.1) is 0 Å². The fraction of sp³-hybridized carbons (Fsp3) is 0.667. The van der Waals surface area contributed by atoms with Crippen molar-refractivity contribution in [2.45, 2.75) is 12.1 Å². The largest absolute Gasteiger partial charge is 0.374 e. The van der Waals surface area contributed by atoms with Crippen LogP contribution in [0.2, 0.25) is 0 Å². The highest BCUT2D eigenvalue weighted by molar-refractivity contribution is 9.10. The van der Waals surface area contributed by atoms with E-state index in [1.807, 2.05) is 23.5 Å². The van der Waals surface area contributed by atoms with Gasteiger partial charge in [-0.1, -0.05) is 0 Å². The van der Waals surface area contributed by atoms with Gasteiger partial charge in [0.15, 0.2) is 0 Å². The molecular weight excluding hydrogens is 292 g/mol. The van der Waals surface area contributed by atoms with E-state index in [0.29, 0.717) is 0 Å². The van der Waals surface area contributed by atoms with Gasteiger partial charge in [-0.25, -0.2) is 5.43 Å². The molecule has 16 heavy (non-hydrogen) atoms. The first-order valence-corrected chi connectivity index (χ1v) is 7.01. The van der Waals surface area contributed by atoms with Crippen molar-refractivity contribution in [3.63, 3.8) is 0 Å². The maximum absolute atomic E-state index is 5.74. The molecule has 0 bridgehead atoms. The fourth-order valence-electron chi connectivity index (χ4n) is 1.83. The fourth-order valence-corrected chi connectivity index (χ4v) is 3.33. The lowest BCUT2D eigenvalue weighted by Crippen LogP contribution is -2.42. The van der Waals surface area contributed by atoms with Gasteiger partial charge >= 0.3 is 0 Å². The topological polar surface area (TPSA) is 65.1 Å². The molecule has 2 atom stereocenters. The predicted molar refractivity (Wildman–Crippen MR) is 68.0 cm³/mol. The Bertz CT molecular complexity index is 334. The van der Waals surface area contributed by atoms with Crippen LogP contribution in [0.3, 0.4) is 0 Å². The Morgan fingerprint density at radius 2 is 2.62 bits per heavy atom. The van der Waals surface area contributed by atoms with E-state index in [-0.39, 0.29) is 12.1 Å². The summed E-state index contributed by atoms with van der Waals surface area (Å²) in [4.78, 5) is 0. The van der Waals surface area contributed by atoms with Crippen LogP contribution in [-0.2, 0) is 11.8 Å². The molecule has 90 valence electrons. The SMILES string of the molecule is Cn1ncc(Br)c1C(NN)C1CSCCO1. The van der Waals surface area contributed by atoms with Crippen LogP contribution >= 0.6 is 27.7 Å². The molecule has 1 aromatic rings. The van der Waals surface area contributed by atoms with E-state index in [1.54, 1.807) is 6.20 Å². The Morgan fingerprint density at radius 3 is 3.12 bits per heavy atom. The minimum Gasteiger partial charge on any atom is -0.374 e. The van der Waals surface area contributed by atoms with Gasteiger partial charge in [0, 0.05) is 18.6 Å². The molecule has 1 fully saturated rings. The molecule has 7 heteroatoms. The maximum atomic E-state index is 5.74. The molecule has 0 spiro atoms. The smallest absolute Gasteiger partial charge is 0.0909 e. The minimum absolute atomic E-state index is 0.0327. The molecule has 1 aromatic heterocycles. The molecule has 1 aliphatic rings. The highest BCUT2D eigenvalue weighted by Gasteiger charge is 2.29. The molecule has 2 rings (SSSR count). The normalized spacial score (nSPS) is 23.3. The molecule has 2 unspecified atom stereocenters. The van der Waals surface area contributed by atoms with Gasteiger partial charge in [0.25, 0.3) is 0 Å². The second-order valence-corrected chi connectivity index (χ2v) is 5.63. The van der Waals surface area contributed by atoms with Crippen molar-refractivity contribution in [1.29, 1.82) is 0 Å². The third-order valence-electron chi connectivity index (χ3n) is 2.63. The molecule has 0 amide bonds. The first kappa shape index (κ1) is 12.4. The third kappa shape index (κ3) is 2.43. The summed E-state index contributed by atoms with van der Waals surface area (Å²) < 4.78 is 8.51. The number of nitrogens with two attached hydrogens (primary N) is 1. The molecule has 1 aliphatic heterocycles. The summed E-state index contributed by atoms with van der Waals surface area (Å²) >= 11 is 5.37. The molecular formula is C9H15BrN4OS. The number of hydrazine groups is 1. The van der Waals surface area contributed by atoms with E-state index < -0.39 is 0 Å². The summed E-state index contributed by atoms with van der Waals surface area (Å²) in [5.41, 5.74) is 3.85. The number of ether oxygens (including phenoxy) is 1. The summed E-state index contributed by atoms with van der Waals surface area (Å²) in [5, 5.41) is 4.19. The van der Waals surface area contributed by atoms with Crippen LogP contribution in [0, 0.1) is 0 Å². The Balaban J connectivity index is 2.21. The lowest BCUT2D eigenvalue weighted by molar-refractivity contribution is 0.0445. The summed E-state index contributed by atoms with van der Waals surface area (Å²) in [6, 6.07) is -0.0327. The molecule has 5 nitrogen and oxygen atoms in total. The van der Waals surface area contributed by atoms with Crippen LogP contribution in [0.1, 0.15) is 11.7 Å². The Labute approximate surface area is 107 Å². The van der Waals surface area contributed by atoms with Gasteiger partial charge < -0.3 is 4.74 Å². The van der Waals surface area contributed by atoms with Gasteiger partial charge in [-0.05, 0) is 15.9 Å². The van der Waals surface area contributed by atoms with E-state index in [9.17, 15) is 0 Å². The van der Waals surface area contributed by atoms with Crippen LogP contribution < -0.4 is 11.3 Å². The zero-order chi connectivity index (χ0) is 11.5. The Hall–Kier alpha value is -0.0800. The summed E-state index contributed by atoms with van der Waals surface area (Å²) in [6.45, 7) is 0.781. The molecule has 0 aliphatic carbocycles. The maximum Gasteiger partial charge on any atom is 0.0909 e. The first-order chi connectivity index (χ1) is 7.74. The van der Waals surface area contributed by atoms with Crippen LogP contribution in [0.15, 0.2) is 10.7 Å². The van der Waals surface area contributed by atoms with Crippen molar-refractivity contribution in [3.05, 3.63) is 16.4 Å². The number of rotatable bonds is 3. The molecule has 0 saturated carbocycles. The number of hydrogen-bond donors (Lipinski definition) is 2. The van der Waals surface area contributed by atoms with Crippen molar-refractivity contribution >= 4 is 27.7 Å². The molecule has 0 aromatic carbocycles. The molecule has 1 saturated heterocycles. The second-order valence-electron chi connectivity index (χ2n) is 3.63. The quantitative estimate of drug-likeness (QED) is 0.639. The summed E-state index contributed by atoms with van der Waals surface area (Å²) in [6.07, 6.45) is 1.87. The number of halogens is 1. The van der Waals surface area contributed by atoms with E-state index in [0.717, 1.165) is 28.3 Å². The highest BCUT2D eigenvalue weighted by Crippen LogP contribution is 2.29. The van der Waals surface area contributed by atoms with Gasteiger partial charge in [-0.2, -0.15) is 16.9 Å². The van der Waals surface area contributed by atoms with Crippen LogP contribution in [0.25, 0.3) is 0 Å². The molecule has 3 N–H and O–H groups in total. The predicted octanol–water partition coefficient (Wildman–Crippen LogP) is 0.819. The van der Waals surface area contributed by atoms with Crippen LogP contribution in [-0.4, -0.2) is 34.0 Å². The minimum atomic E-state index is -0.0327. The monoisotopic (exact) mass is 306 g/mol. The van der Waals surface area contributed by atoms with E-state index in [4.69, 9.17) is 10.6 Å². The zero-order valence-corrected chi connectivity index (χ0v) is 11.4. The van der Waals surface area contributed by atoms with Gasteiger partial charge in [0.05, 0.1) is 35.1 Å². The average Bonchev–Trinajstić information content (AvgIpc) is 2.63. The van der Waals surface area contributed by atoms with Crippen LogP contribution in [0.5, 0.6) is 0 Å². The number of thioether (sulfide) groups is 1. The number of nitrogens with one attached hydrogen (secondary N) is 1. The number of hydrogen-bond acceptors (Lipinski definition) is 5. The van der Waals surface area contributed by atoms with Crippen molar-refractivity contribution in [1.82, 2.24) is 15.2 Å². The average molecular weight is 307 g/mol. The Kier molecular flexibility index (Phi) is 4.26. The van der Waals surface area contributed by atoms with Crippen molar-refractivity contribution in [3.8, 4) is 0 Å². The van der Waals surface area contributed by atoms with Gasteiger partial charge in [0.1, 0.15) is 0 Å². The number of nitrogens with zero attached hydrogens (tertiary/aromatic N) is 2. The Morgan fingerprint density at radius 1 is 1.81 bits per heavy atom. The summed E-state index contributed by atoms with van der Waals surface area (Å²) in [5.74, 6) is 7.64. The second kappa shape index (κ2) is 5.50. The van der Waals surface area contributed by atoms with Gasteiger partial charge in [0.2, 0.25) is 0 Å². The standard InChI is InChI=1S/C9H15BrN4OS/c1-14-9(6(10)4-12-14)8(13-11)7-5-16-3-2-15-7/h4,7-8,13H,2-3,5,11H2,1H3. The van der Waals surface area contributed by atoms with Crippen molar-refractivity contribution in [2.75, 3.05) is 18.1 Å². The van der Waals surface area contributed by atoms with E-state index in [1.165, 1.54) is 0 Å². The molecule has 2 heterocycles. The molecule has 0 radical (unpaired) electrons. The van der Waals surface area contributed by atoms with E-state index in [2.05, 4.69) is 26.5 Å². The zero-order valence-electron chi connectivity index (χ0n) is 9.02. The van der Waals surface area contributed by atoms with Crippen molar-refractivity contribution < 1.29 is 4.74 Å². The first-order valence-electron chi connectivity index (χ1n) is 5.07. The van der Waals surface area contributed by atoms with Crippen molar-refractivity contribution in [2.24, 2.45) is 12.9 Å². The van der Waals surface area contributed by atoms with Crippen LogP contribution in [0.4, 0.5) is 0 Å². The lowest BCUT2D eigenvalue weighted by Gasteiger charge is -2.30. The third-order valence-corrected chi connectivity index (χ3v) is 4.26. The highest BCUT2D eigenvalue weighted by atomic mass is 79.9.